The maximum absolute atomic E-state index is 9.27. The predicted octanol–water partition coefficient (Wildman–Crippen LogP) is 2.57. The Balaban J connectivity index is 2.90. The van der Waals surface area contributed by atoms with E-state index in [-0.39, 0.29) is 12.5 Å². The Kier molecular flexibility index (Phi) is 4.47. The highest BCUT2D eigenvalue weighted by Gasteiger charge is 2.13. The Labute approximate surface area is 85.5 Å². The molecule has 0 radical (unpaired) electrons. The van der Waals surface area contributed by atoms with E-state index in [1.54, 1.807) is 7.11 Å². The zero-order valence-corrected chi connectivity index (χ0v) is 8.86. The van der Waals surface area contributed by atoms with Crippen LogP contribution in [0.15, 0.2) is 24.3 Å². The second-order valence-corrected chi connectivity index (χ2v) is 3.41. The second-order valence-electron chi connectivity index (χ2n) is 3.41. The maximum Gasteiger partial charge on any atom is 0.122 e. The molecule has 0 aromatic heterocycles. The Morgan fingerprint density at radius 2 is 2.07 bits per heavy atom. The maximum atomic E-state index is 9.27. The van der Waals surface area contributed by atoms with Gasteiger partial charge in [-0.15, -0.1) is 0 Å². The summed E-state index contributed by atoms with van der Waals surface area (Å²) in [7, 11) is 1.67. The Morgan fingerprint density at radius 1 is 1.36 bits per heavy atom. The molecule has 1 N–H and O–H groups in total. The normalized spacial score (nSPS) is 12.5. The molecule has 1 aromatic carbocycles. The van der Waals surface area contributed by atoms with Crippen molar-refractivity contribution in [1.82, 2.24) is 0 Å². The fourth-order valence-corrected chi connectivity index (χ4v) is 1.70. The molecule has 0 spiro atoms. The zero-order valence-electron chi connectivity index (χ0n) is 8.86. The summed E-state index contributed by atoms with van der Waals surface area (Å²) in [6.45, 7) is 2.31. The first kappa shape index (κ1) is 11.1. The fourth-order valence-electron chi connectivity index (χ4n) is 1.70. The third kappa shape index (κ3) is 2.48. The number of para-hydroxylation sites is 1. The minimum atomic E-state index is 0.189. The highest BCUT2D eigenvalue weighted by atomic mass is 16.5. The molecule has 2 heteroatoms. The average Bonchev–Trinajstić information content (AvgIpc) is 2.26. The smallest absolute Gasteiger partial charge is 0.122 e. The Morgan fingerprint density at radius 3 is 2.64 bits per heavy atom. The molecule has 0 saturated heterocycles. The number of hydrogen-bond donors (Lipinski definition) is 1. The Bertz CT molecular complexity index is 271. The third-order valence-corrected chi connectivity index (χ3v) is 2.44. The van der Waals surface area contributed by atoms with E-state index in [1.165, 1.54) is 0 Å². The standard InChI is InChI=1S/C12H18O2/c1-3-6-10(9-13)11-7-4-5-8-12(11)14-2/h4-5,7-8,10,13H,3,6,9H2,1-2H3. The number of aliphatic hydroxyl groups excluding tert-OH is 1. The van der Waals surface area contributed by atoms with Crippen LogP contribution in [0, 0.1) is 0 Å². The monoisotopic (exact) mass is 194 g/mol. The van der Waals surface area contributed by atoms with E-state index in [4.69, 9.17) is 4.74 Å². The quantitative estimate of drug-likeness (QED) is 0.780. The highest BCUT2D eigenvalue weighted by molar-refractivity contribution is 5.36. The fraction of sp³-hybridized carbons (Fsp3) is 0.500. The first-order valence-corrected chi connectivity index (χ1v) is 5.07. The van der Waals surface area contributed by atoms with E-state index in [0.717, 1.165) is 24.2 Å². The summed E-state index contributed by atoms with van der Waals surface area (Å²) >= 11 is 0. The van der Waals surface area contributed by atoms with E-state index in [1.807, 2.05) is 24.3 Å². The van der Waals surface area contributed by atoms with Gasteiger partial charge in [-0.2, -0.15) is 0 Å². The van der Waals surface area contributed by atoms with Crippen LogP contribution in [0.3, 0.4) is 0 Å². The van der Waals surface area contributed by atoms with Crippen LogP contribution in [0.5, 0.6) is 5.75 Å². The van der Waals surface area contributed by atoms with Gasteiger partial charge >= 0.3 is 0 Å². The molecule has 14 heavy (non-hydrogen) atoms. The molecule has 0 fully saturated rings. The minimum Gasteiger partial charge on any atom is -0.496 e. The molecule has 0 bridgehead atoms. The van der Waals surface area contributed by atoms with Crippen molar-refractivity contribution in [2.75, 3.05) is 13.7 Å². The van der Waals surface area contributed by atoms with E-state index < -0.39 is 0 Å². The summed E-state index contributed by atoms with van der Waals surface area (Å²) in [4.78, 5) is 0. The van der Waals surface area contributed by atoms with Crippen molar-refractivity contribution in [3.05, 3.63) is 29.8 Å². The van der Waals surface area contributed by atoms with Gasteiger partial charge in [0.1, 0.15) is 5.75 Å². The van der Waals surface area contributed by atoms with E-state index in [2.05, 4.69) is 6.92 Å². The van der Waals surface area contributed by atoms with Crippen LogP contribution in [0.25, 0.3) is 0 Å². The van der Waals surface area contributed by atoms with Gasteiger partial charge in [0.2, 0.25) is 0 Å². The van der Waals surface area contributed by atoms with Crippen molar-refractivity contribution in [2.45, 2.75) is 25.7 Å². The van der Waals surface area contributed by atoms with Gasteiger partial charge in [0.25, 0.3) is 0 Å². The SMILES string of the molecule is CCCC(CO)c1ccccc1OC. The van der Waals surface area contributed by atoms with Crippen molar-refractivity contribution in [3.8, 4) is 5.75 Å². The van der Waals surface area contributed by atoms with Gasteiger partial charge in [-0.3, -0.25) is 0 Å². The van der Waals surface area contributed by atoms with Gasteiger partial charge < -0.3 is 9.84 Å². The number of hydrogen-bond acceptors (Lipinski definition) is 2. The van der Waals surface area contributed by atoms with Gasteiger partial charge in [0.05, 0.1) is 13.7 Å². The molecule has 2 nitrogen and oxygen atoms in total. The number of ether oxygens (including phenoxy) is 1. The topological polar surface area (TPSA) is 29.5 Å². The average molecular weight is 194 g/mol. The van der Waals surface area contributed by atoms with Crippen LogP contribution in [-0.4, -0.2) is 18.8 Å². The van der Waals surface area contributed by atoms with Crippen LogP contribution in [0.4, 0.5) is 0 Å². The number of aliphatic hydroxyl groups is 1. The molecule has 0 amide bonds. The molecule has 0 aliphatic heterocycles. The molecule has 0 heterocycles. The molecule has 1 aromatic rings. The van der Waals surface area contributed by atoms with E-state index in [0.29, 0.717) is 0 Å². The summed E-state index contributed by atoms with van der Waals surface area (Å²) in [5, 5.41) is 9.27. The minimum absolute atomic E-state index is 0.189. The lowest BCUT2D eigenvalue weighted by Gasteiger charge is -2.16. The molecule has 0 saturated carbocycles. The number of benzene rings is 1. The molecule has 0 aliphatic rings. The van der Waals surface area contributed by atoms with Crippen molar-refractivity contribution in [1.29, 1.82) is 0 Å². The van der Waals surface area contributed by atoms with Gasteiger partial charge in [0.15, 0.2) is 0 Å². The zero-order chi connectivity index (χ0) is 10.4. The summed E-state index contributed by atoms with van der Waals surface area (Å²) in [5.41, 5.74) is 1.11. The molecule has 1 unspecified atom stereocenters. The van der Waals surface area contributed by atoms with Gasteiger partial charge in [-0.1, -0.05) is 31.5 Å². The molecule has 1 rings (SSSR count). The van der Waals surface area contributed by atoms with Crippen molar-refractivity contribution in [2.24, 2.45) is 0 Å². The van der Waals surface area contributed by atoms with Crippen molar-refractivity contribution >= 4 is 0 Å². The first-order valence-electron chi connectivity index (χ1n) is 5.07. The van der Waals surface area contributed by atoms with Crippen molar-refractivity contribution < 1.29 is 9.84 Å². The third-order valence-electron chi connectivity index (χ3n) is 2.44. The van der Waals surface area contributed by atoms with Crippen LogP contribution in [-0.2, 0) is 0 Å². The Hall–Kier alpha value is -1.02. The van der Waals surface area contributed by atoms with Gasteiger partial charge in [-0.05, 0) is 18.1 Å². The van der Waals surface area contributed by atoms with Gasteiger partial charge in [-0.25, -0.2) is 0 Å². The number of rotatable bonds is 5. The second kappa shape index (κ2) is 5.66. The lowest BCUT2D eigenvalue weighted by Crippen LogP contribution is -2.05. The summed E-state index contributed by atoms with van der Waals surface area (Å²) < 4.78 is 5.26. The summed E-state index contributed by atoms with van der Waals surface area (Å²) in [5.74, 6) is 1.08. The van der Waals surface area contributed by atoms with Crippen LogP contribution in [0.1, 0.15) is 31.2 Å². The summed E-state index contributed by atoms with van der Waals surface area (Å²) in [6, 6.07) is 7.89. The first-order chi connectivity index (χ1) is 6.83. The van der Waals surface area contributed by atoms with Crippen LogP contribution in [0.2, 0.25) is 0 Å². The predicted molar refractivity (Wildman–Crippen MR) is 57.7 cm³/mol. The number of methoxy groups -OCH3 is 1. The lowest BCUT2D eigenvalue weighted by atomic mass is 9.94. The van der Waals surface area contributed by atoms with Crippen molar-refractivity contribution in [3.63, 3.8) is 0 Å². The van der Waals surface area contributed by atoms with Gasteiger partial charge in [0, 0.05) is 5.92 Å². The molecular weight excluding hydrogens is 176 g/mol. The lowest BCUT2D eigenvalue weighted by molar-refractivity contribution is 0.255. The van der Waals surface area contributed by atoms with E-state index in [9.17, 15) is 5.11 Å². The van der Waals surface area contributed by atoms with Crippen LogP contribution >= 0.6 is 0 Å². The van der Waals surface area contributed by atoms with E-state index >= 15 is 0 Å². The largest absolute Gasteiger partial charge is 0.496 e. The highest BCUT2D eigenvalue weighted by Crippen LogP contribution is 2.29. The molecule has 0 aliphatic carbocycles. The summed E-state index contributed by atoms with van der Waals surface area (Å²) in [6.07, 6.45) is 2.07. The molecule has 1 atom stereocenters. The van der Waals surface area contributed by atoms with Crippen LogP contribution < -0.4 is 4.74 Å². The molecular formula is C12H18O2. The molecule has 78 valence electrons.